The fourth-order valence-electron chi connectivity index (χ4n) is 2.17. The minimum absolute atomic E-state index is 0.290. The Morgan fingerprint density at radius 2 is 2.06 bits per heavy atom. The fourth-order valence-corrected chi connectivity index (χ4v) is 3.58. The second-order valence-corrected chi connectivity index (χ2v) is 6.71. The summed E-state index contributed by atoms with van der Waals surface area (Å²) < 4.78 is 0.861. The number of halogens is 2. The summed E-state index contributed by atoms with van der Waals surface area (Å²) in [7, 11) is 0. The fraction of sp³-hybridized carbons (Fsp3) is 0.667. The standard InChI is InChI=1S/C12H17Cl2NS/c13-10-4-2-1-3-5-11(10)15-8-9-6-7-12(14)16-9/h6-7,10-11,15H,1-5,8H2. The molecule has 2 unspecified atom stereocenters. The van der Waals surface area contributed by atoms with E-state index >= 15 is 0 Å². The smallest absolute Gasteiger partial charge is 0.0931 e. The second kappa shape index (κ2) is 6.25. The van der Waals surface area contributed by atoms with Crippen molar-refractivity contribution in [2.75, 3.05) is 0 Å². The van der Waals surface area contributed by atoms with Crippen molar-refractivity contribution in [3.8, 4) is 0 Å². The number of hydrogen-bond acceptors (Lipinski definition) is 2. The largest absolute Gasteiger partial charge is 0.308 e. The lowest BCUT2D eigenvalue weighted by Crippen LogP contribution is -2.35. The van der Waals surface area contributed by atoms with Gasteiger partial charge in [-0.15, -0.1) is 22.9 Å². The summed E-state index contributed by atoms with van der Waals surface area (Å²) in [5.41, 5.74) is 0. The first-order chi connectivity index (χ1) is 7.75. The molecule has 2 atom stereocenters. The third kappa shape index (κ3) is 3.63. The van der Waals surface area contributed by atoms with Crippen LogP contribution in [-0.4, -0.2) is 11.4 Å². The van der Waals surface area contributed by atoms with E-state index in [-0.39, 0.29) is 5.38 Å². The van der Waals surface area contributed by atoms with Crippen LogP contribution in [-0.2, 0) is 6.54 Å². The highest BCUT2D eigenvalue weighted by molar-refractivity contribution is 7.16. The number of thiophene rings is 1. The molecular formula is C12H17Cl2NS. The average Bonchev–Trinajstić information content (AvgIpc) is 2.56. The molecule has 0 aliphatic heterocycles. The van der Waals surface area contributed by atoms with Crippen molar-refractivity contribution in [3.05, 3.63) is 21.3 Å². The van der Waals surface area contributed by atoms with Gasteiger partial charge in [-0.05, 0) is 25.0 Å². The van der Waals surface area contributed by atoms with Gasteiger partial charge in [0.05, 0.1) is 4.34 Å². The average molecular weight is 278 g/mol. The van der Waals surface area contributed by atoms with Gasteiger partial charge in [0.1, 0.15) is 0 Å². The first-order valence-corrected chi connectivity index (χ1v) is 7.50. The van der Waals surface area contributed by atoms with Gasteiger partial charge < -0.3 is 5.32 Å². The van der Waals surface area contributed by atoms with Gasteiger partial charge in [-0.3, -0.25) is 0 Å². The Balaban J connectivity index is 1.83. The lowest BCUT2D eigenvalue weighted by Gasteiger charge is -2.20. The highest BCUT2D eigenvalue weighted by atomic mass is 35.5. The highest BCUT2D eigenvalue weighted by Crippen LogP contribution is 2.24. The molecule has 1 aliphatic carbocycles. The zero-order valence-electron chi connectivity index (χ0n) is 9.22. The van der Waals surface area contributed by atoms with Crippen molar-refractivity contribution >= 4 is 34.5 Å². The molecule has 4 heteroatoms. The van der Waals surface area contributed by atoms with Crippen molar-refractivity contribution in [1.29, 1.82) is 0 Å². The maximum absolute atomic E-state index is 6.37. The Hall–Kier alpha value is 0.240. The molecule has 16 heavy (non-hydrogen) atoms. The van der Waals surface area contributed by atoms with Gasteiger partial charge in [0.15, 0.2) is 0 Å². The monoisotopic (exact) mass is 277 g/mol. The summed E-state index contributed by atoms with van der Waals surface area (Å²) >= 11 is 13.9. The van der Waals surface area contributed by atoms with Crippen LogP contribution in [0.4, 0.5) is 0 Å². The van der Waals surface area contributed by atoms with E-state index in [4.69, 9.17) is 23.2 Å². The van der Waals surface area contributed by atoms with E-state index in [2.05, 4.69) is 11.4 Å². The van der Waals surface area contributed by atoms with E-state index in [0.29, 0.717) is 6.04 Å². The van der Waals surface area contributed by atoms with Crippen molar-refractivity contribution in [2.45, 2.75) is 50.1 Å². The van der Waals surface area contributed by atoms with E-state index in [0.717, 1.165) is 17.3 Å². The van der Waals surface area contributed by atoms with Crippen LogP contribution in [0.1, 0.15) is 37.0 Å². The molecule has 1 aromatic rings. The van der Waals surface area contributed by atoms with Gasteiger partial charge >= 0.3 is 0 Å². The molecule has 1 aliphatic rings. The third-order valence-electron chi connectivity index (χ3n) is 3.10. The summed E-state index contributed by atoms with van der Waals surface area (Å²) in [5.74, 6) is 0. The quantitative estimate of drug-likeness (QED) is 0.637. The molecule has 1 nitrogen and oxygen atoms in total. The molecular weight excluding hydrogens is 261 g/mol. The molecule has 0 aromatic carbocycles. The maximum Gasteiger partial charge on any atom is 0.0931 e. The van der Waals surface area contributed by atoms with E-state index in [1.807, 2.05) is 6.07 Å². The summed E-state index contributed by atoms with van der Waals surface area (Å²) in [6.07, 6.45) is 6.24. The van der Waals surface area contributed by atoms with Gasteiger partial charge in [-0.1, -0.05) is 30.9 Å². The van der Waals surface area contributed by atoms with Crippen molar-refractivity contribution < 1.29 is 0 Å². The van der Waals surface area contributed by atoms with E-state index in [1.165, 1.54) is 30.6 Å². The Kier molecular flexibility index (Phi) is 4.96. The summed E-state index contributed by atoms with van der Waals surface area (Å²) in [5, 5.41) is 3.85. The van der Waals surface area contributed by atoms with Gasteiger partial charge in [-0.2, -0.15) is 0 Å². The van der Waals surface area contributed by atoms with Crippen molar-refractivity contribution in [2.24, 2.45) is 0 Å². The lowest BCUT2D eigenvalue weighted by molar-refractivity contribution is 0.467. The molecule has 0 radical (unpaired) electrons. The zero-order valence-corrected chi connectivity index (χ0v) is 11.5. The molecule has 2 rings (SSSR count). The van der Waals surface area contributed by atoms with Gasteiger partial charge in [0.2, 0.25) is 0 Å². The zero-order chi connectivity index (χ0) is 11.4. The maximum atomic E-state index is 6.37. The Morgan fingerprint density at radius 3 is 2.81 bits per heavy atom. The summed E-state index contributed by atoms with van der Waals surface area (Å²) in [6.45, 7) is 0.894. The molecule has 1 fully saturated rings. The second-order valence-electron chi connectivity index (χ2n) is 4.35. The van der Waals surface area contributed by atoms with E-state index in [9.17, 15) is 0 Å². The van der Waals surface area contributed by atoms with Crippen molar-refractivity contribution in [1.82, 2.24) is 5.32 Å². The van der Waals surface area contributed by atoms with Crippen LogP contribution in [0, 0.1) is 0 Å². The number of hydrogen-bond donors (Lipinski definition) is 1. The molecule has 1 N–H and O–H groups in total. The topological polar surface area (TPSA) is 12.0 Å². The predicted octanol–water partition coefficient (Wildman–Crippen LogP) is 4.43. The van der Waals surface area contributed by atoms with Crippen LogP contribution >= 0.6 is 34.5 Å². The minimum atomic E-state index is 0.290. The summed E-state index contributed by atoms with van der Waals surface area (Å²) in [6, 6.07) is 4.50. The van der Waals surface area contributed by atoms with Gasteiger partial charge in [0, 0.05) is 22.8 Å². The summed E-state index contributed by atoms with van der Waals surface area (Å²) in [4.78, 5) is 1.29. The van der Waals surface area contributed by atoms with Gasteiger partial charge in [-0.25, -0.2) is 0 Å². The minimum Gasteiger partial charge on any atom is -0.308 e. The Morgan fingerprint density at radius 1 is 1.25 bits per heavy atom. The third-order valence-corrected chi connectivity index (χ3v) is 4.85. The molecule has 90 valence electrons. The SMILES string of the molecule is Clc1ccc(CNC2CCCCCC2Cl)s1. The van der Waals surface area contributed by atoms with Crippen molar-refractivity contribution in [3.63, 3.8) is 0 Å². The highest BCUT2D eigenvalue weighted by Gasteiger charge is 2.20. The van der Waals surface area contributed by atoms with Crippen LogP contribution in [0.5, 0.6) is 0 Å². The molecule has 0 amide bonds. The molecule has 0 saturated heterocycles. The molecule has 1 aromatic heterocycles. The van der Waals surface area contributed by atoms with Crippen LogP contribution < -0.4 is 5.32 Å². The predicted molar refractivity (Wildman–Crippen MR) is 72.7 cm³/mol. The lowest BCUT2D eigenvalue weighted by atomic mass is 10.1. The van der Waals surface area contributed by atoms with Crippen LogP contribution in [0.3, 0.4) is 0 Å². The molecule has 0 bridgehead atoms. The molecule has 1 saturated carbocycles. The normalized spacial score (nSPS) is 26.6. The molecule has 1 heterocycles. The number of rotatable bonds is 3. The van der Waals surface area contributed by atoms with E-state index in [1.54, 1.807) is 11.3 Å². The van der Waals surface area contributed by atoms with E-state index < -0.39 is 0 Å². The van der Waals surface area contributed by atoms with Crippen LogP contribution in [0.25, 0.3) is 0 Å². The molecule has 0 spiro atoms. The Bertz CT molecular complexity index is 327. The number of nitrogens with one attached hydrogen (secondary N) is 1. The Labute approximate surface area is 111 Å². The van der Waals surface area contributed by atoms with Crippen LogP contribution in [0.15, 0.2) is 12.1 Å². The first kappa shape index (κ1) is 12.7. The number of alkyl halides is 1. The van der Waals surface area contributed by atoms with Crippen LogP contribution in [0.2, 0.25) is 4.34 Å². The first-order valence-electron chi connectivity index (χ1n) is 5.87. The van der Waals surface area contributed by atoms with Gasteiger partial charge in [0.25, 0.3) is 0 Å².